The molecule has 0 spiro atoms. The number of carbonyl (C=O) groups is 1. The normalized spacial score (nSPS) is 12.4. The summed E-state index contributed by atoms with van der Waals surface area (Å²) >= 11 is 0. The molecular formula is C21H22F3N3O4. The highest BCUT2D eigenvalue weighted by atomic mass is 19.4. The summed E-state index contributed by atoms with van der Waals surface area (Å²) in [6.45, 7) is 4.42. The molecular weight excluding hydrogens is 415 g/mol. The number of aryl methyl sites for hydroxylation is 1. The molecule has 4 N–H and O–H groups in total. The molecule has 0 radical (unpaired) electrons. The molecule has 2 aromatic rings. The third-order valence-corrected chi connectivity index (χ3v) is 4.15. The monoisotopic (exact) mass is 437 g/mol. The van der Waals surface area contributed by atoms with Crippen LogP contribution in [-0.2, 0) is 11.0 Å². The number of benzene rings is 2. The highest BCUT2D eigenvalue weighted by Crippen LogP contribution is 2.29. The van der Waals surface area contributed by atoms with Gasteiger partial charge < -0.3 is 20.3 Å². The average Bonchev–Trinajstić information content (AvgIpc) is 2.67. The molecule has 0 aliphatic heterocycles. The second-order valence-corrected chi connectivity index (χ2v) is 7.16. The summed E-state index contributed by atoms with van der Waals surface area (Å²) in [6.07, 6.45) is -4.46. The maximum absolute atomic E-state index is 12.6. The van der Waals surface area contributed by atoms with Crippen LogP contribution in [0.3, 0.4) is 0 Å². The Kier molecular flexibility index (Phi) is 6.94. The number of amidine groups is 2. The van der Waals surface area contributed by atoms with Crippen molar-refractivity contribution < 1.29 is 32.5 Å². The van der Waals surface area contributed by atoms with Crippen LogP contribution < -0.4 is 15.2 Å². The van der Waals surface area contributed by atoms with E-state index >= 15 is 0 Å². The van der Waals surface area contributed by atoms with Gasteiger partial charge in [-0.15, -0.1) is 0 Å². The number of hydrogen-bond donors (Lipinski definition) is 3. The summed E-state index contributed by atoms with van der Waals surface area (Å²) in [5.74, 6) is -0.657. The second kappa shape index (κ2) is 9.07. The van der Waals surface area contributed by atoms with Crippen molar-refractivity contribution in [2.75, 3.05) is 6.61 Å². The lowest BCUT2D eigenvalue weighted by atomic mass is 10.1. The minimum Gasteiger partial charge on any atom is -0.486 e. The Morgan fingerprint density at radius 2 is 1.77 bits per heavy atom. The van der Waals surface area contributed by atoms with Crippen molar-refractivity contribution in [3.05, 3.63) is 59.2 Å². The van der Waals surface area contributed by atoms with Gasteiger partial charge in [0, 0.05) is 5.56 Å². The maximum atomic E-state index is 12.6. The molecule has 0 aliphatic carbocycles. The Hall–Kier alpha value is -3.56. The lowest BCUT2D eigenvalue weighted by molar-refractivity contribution is -0.152. The lowest BCUT2D eigenvalue weighted by Gasteiger charge is -2.23. The summed E-state index contributed by atoms with van der Waals surface area (Å²) in [5.41, 5.74) is 4.35. The standard InChI is InChI=1S/C21H22F3N3O4/c1-12-10-15(8-9-16(12)31-20(2,3)19(28)29)30-11-17(25)27-18(26)13-4-6-14(7-5-13)21(22,23)24/h4-10H,11H2,1-3H3,(H,28,29)(H3,25,26,27). The number of halogens is 3. The van der Waals surface area contributed by atoms with E-state index in [1.54, 1.807) is 25.1 Å². The van der Waals surface area contributed by atoms with Crippen LogP contribution in [0.15, 0.2) is 47.5 Å². The number of ether oxygens (including phenoxy) is 2. The van der Waals surface area contributed by atoms with Crippen LogP contribution in [0.1, 0.15) is 30.5 Å². The van der Waals surface area contributed by atoms with Gasteiger partial charge in [-0.3, -0.25) is 5.41 Å². The zero-order valence-corrected chi connectivity index (χ0v) is 17.1. The first kappa shape index (κ1) is 23.7. The number of nitrogens with zero attached hydrogens (tertiary/aromatic N) is 1. The van der Waals surface area contributed by atoms with E-state index in [-0.39, 0.29) is 23.8 Å². The van der Waals surface area contributed by atoms with Gasteiger partial charge in [0.2, 0.25) is 0 Å². The zero-order valence-electron chi connectivity index (χ0n) is 17.1. The van der Waals surface area contributed by atoms with Crippen molar-refractivity contribution in [3.8, 4) is 11.5 Å². The number of nitrogens with one attached hydrogen (secondary N) is 1. The predicted octanol–water partition coefficient (Wildman–Crippen LogP) is 4.02. The van der Waals surface area contributed by atoms with E-state index in [2.05, 4.69) is 4.99 Å². The molecule has 31 heavy (non-hydrogen) atoms. The fraction of sp³-hybridized carbons (Fsp3) is 0.286. The van der Waals surface area contributed by atoms with E-state index in [1.165, 1.54) is 13.8 Å². The minimum atomic E-state index is -4.46. The molecule has 166 valence electrons. The number of alkyl halides is 3. The third kappa shape index (κ3) is 6.46. The van der Waals surface area contributed by atoms with Crippen molar-refractivity contribution in [2.24, 2.45) is 10.7 Å². The van der Waals surface area contributed by atoms with Gasteiger partial charge in [0.1, 0.15) is 23.9 Å². The van der Waals surface area contributed by atoms with E-state index in [1.807, 2.05) is 0 Å². The predicted molar refractivity (Wildman–Crippen MR) is 109 cm³/mol. The SMILES string of the molecule is Cc1cc(OCC(N)=NC(=N)c2ccc(C(F)(F)F)cc2)ccc1OC(C)(C)C(=O)O. The summed E-state index contributed by atoms with van der Waals surface area (Å²) in [4.78, 5) is 15.0. The average molecular weight is 437 g/mol. The van der Waals surface area contributed by atoms with E-state index < -0.39 is 23.3 Å². The smallest absolute Gasteiger partial charge is 0.416 e. The van der Waals surface area contributed by atoms with Crippen molar-refractivity contribution in [2.45, 2.75) is 32.5 Å². The Morgan fingerprint density at radius 1 is 1.16 bits per heavy atom. The van der Waals surface area contributed by atoms with Crippen LogP contribution >= 0.6 is 0 Å². The van der Waals surface area contributed by atoms with Gasteiger partial charge in [-0.25, -0.2) is 9.79 Å². The summed E-state index contributed by atoms with van der Waals surface area (Å²) in [5, 5.41) is 17.0. The number of rotatable bonds is 7. The molecule has 2 rings (SSSR count). The number of aliphatic carboxylic acids is 1. The summed E-state index contributed by atoms with van der Waals surface area (Å²) < 4.78 is 48.8. The van der Waals surface area contributed by atoms with E-state index in [4.69, 9.17) is 25.7 Å². The second-order valence-electron chi connectivity index (χ2n) is 7.16. The topological polar surface area (TPSA) is 118 Å². The van der Waals surface area contributed by atoms with Crippen LogP contribution in [0.2, 0.25) is 0 Å². The van der Waals surface area contributed by atoms with Gasteiger partial charge in [-0.2, -0.15) is 13.2 Å². The first-order valence-electron chi connectivity index (χ1n) is 9.04. The van der Waals surface area contributed by atoms with E-state index in [0.717, 1.165) is 24.3 Å². The first-order valence-corrected chi connectivity index (χ1v) is 9.04. The molecule has 2 aromatic carbocycles. The number of aliphatic imine (C=N–C) groups is 1. The maximum Gasteiger partial charge on any atom is 0.416 e. The third-order valence-electron chi connectivity index (χ3n) is 4.15. The van der Waals surface area contributed by atoms with Gasteiger partial charge in [-0.1, -0.05) is 12.1 Å². The molecule has 10 heteroatoms. The van der Waals surface area contributed by atoms with Crippen LogP contribution in [0, 0.1) is 12.3 Å². The van der Waals surface area contributed by atoms with Crippen LogP contribution in [0.5, 0.6) is 11.5 Å². The van der Waals surface area contributed by atoms with Crippen LogP contribution in [0.4, 0.5) is 13.2 Å². The number of carboxylic acid groups (broad SMARTS) is 1. The number of hydrogen-bond acceptors (Lipinski definition) is 4. The molecule has 0 fully saturated rings. The molecule has 0 saturated carbocycles. The molecule has 0 bridgehead atoms. The number of carboxylic acids is 1. The van der Waals surface area contributed by atoms with E-state index in [0.29, 0.717) is 17.1 Å². The molecule has 0 aliphatic rings. The molecule has 0 aromatic heterocycles. The fourth-order valence-electron chi connectivity index (χ4n) is 2.36. The Bertz CT molecular complexity index is 1000. The molecule has 0 saturated heterocycles. The molecule has 0 amide bonds. The van der Waals surface area contributed by atoms with Crippen molar-refractivity contribution in [1.29, 1.82) is 5.41 Å². The molecule has 0 heterocycles. The van der Waals surface area contributed by atoms with Crippen LogP contribution in [-0.4, -0.2) is 35.0 Å². The van der Waals surface area contributed by atoms with Crippen molar-refractivity contribution >= 4 is 17.6 Å². The fourth-order valence-corrected chi connectivity index (χ4v) is 2.36. The summed E-state index contributed by atoms with van der Waals surface area (Å²) in [7, 11) is 0. The van der Waals surface area contributed by atoms with Gasteiger partial charge in [-0.05, 0) is 56.7 Å². The highest BCUT2D eigenvalue weighted by Gasteiger charge is 2.30. The zero-order chi connectivity index (χ0) is 23.4. The van der Waals surface area contributed by atoms with Gasteiger partial charge in [0.25, 0.3) is 0 Å². The Balaban J connectivity index is 2.01. The van der Waals surface area contributed by atoms with Crippen molar-refractivity contribution in [1.82, 2.24) is 0 Å². The van der Waals surface area contributed by atoms with Crippen LogP contribution in [0.25, 0.3) is 0 Å². The van der Waals surface area contributed by atoms with Crippen molar-refractivity contribution in [3.63, 3.8) is 0 Å². The van der Waals surface area contributed by atoms with Gasteiger partial charge >= 0.3 is 12.1 Å². The minimum absolute atomic E-state index is 0.0464. The highest BCUT2D eigenvalue weighted by molar-refractivity contribution is 6.04. The Labute approximate surface area is 176 Å². The van der Waals surface area contributed by atoms with E-state index in [9.17, 15) is 18.0 Å². The molecule has 7 nitrogen and oxygen atoms in total. The summed E-state index contributed by atoms with van der Waals surface area (Å²) in [6, 6.07) is 8.77. The van der Waals surface area contributed by atoms with Gasteiger partial charge in [0.15, 0.2) is 11.4 Å². The molecule has 0 atom stereocenters. The quantitative estimate of drug-likeness (QED) is 0.447. The largest absolute Gasteiger partial charge is 0.486 e. The first-order chi connectivity index (χ1) is 14.3. The van der Waals surface area contributed by atoms with Gasteiger partial charge in [0.05, 0.1) is 5.56 Å². The lowest BCUT2D eigenvalue weighted by Crippen LogP contribution is -2.38. The molecule has 0 unspecified atom stereocenters. The number of nitrogens with two attached hydrogens (primary N) is 1. The Morgan fingerprint density at radius 3 is 2.29 bits per heavy atom.